The number of thioether (sulfide) groups is 1. The molecule has 0 aliphatic carbocycles. The van der Waals surface area contributed by atoms with E-state index in [1.54, 1.807) is 26.0 Å². The van der Waals surface area contributed by atoms with Gasteiger partial charge < -0.3 is 14.4 Å². The number of carbonyl (C=O) groups excluding carboxylic acids is 1. The second kappa shape index (κ2) is 7.44. The molecule has 1 aromatic carbocycles. The second-order valence-electron chi connectivity index (χ2n) is 5.52. The van der Waals surface area contributed by atoms with Crippen LogP contribution in [0.1, 0.15) is 28.4 Å². The van der Waals surface area contributed by atoms with Gasteiger partial charge in [-0.1, -0.05) is 23.9 Å². The Balaban J connectivity index is 1.77. The Labute approximate surface area is 150 Å². The number of nitrogens with zero attached hydrogens (tertiary/aromatic N) is 2. The number of benzene rings is 1. The molecule has 24 heavy (non-hydrogen) atoms. The first kappa shape index (κ1) is 17.1. The Hall–Kier alpha value is -1.73. The maximum atomic E-state index is 12.6. The van der Waals surface area contributed by atoms with Gasteiger partial charge in [0.05, 0.1) is 14.2 Å². The fraction of sp³-hybridized carbons (Fsp3) is 0.412. The number of aromatic nitrogens is 1. The van der Waals surface area contributed by atoms with Crippen molar-refractivity contribution >= 4 is 29.0 Å². The number of carbonyl (C=O) groups is 1. The zero-order chi connectivity index (χ0) is 17.1. The summed E-state index contributed by atoms with van der Waals surface area (Å²) < 4.78 is 11.8. The number of thiazole rings is 1. The lowest BCUT2D eigenvalue weighted by molar-refractivity contribution is 0.0785. The molecule has 0 spiro atoms. The molecule has 3 rings (SSSR count). The molecule has 5 nitrogen and oxygen atoms in total. The first-order valence-electron chi connectivity index (χ1n) is 7.67. The van der Waals surface area contributed by atoms with Crippen LogP contribution < -0.4 is 9.47 Å². The number of hydrogen-bond donors (Lipinski definition) is 0. The number of methoxy groups -OCH3 is 2. The van der Waals surface area contributed by atoms with Crippen LogP contribution in [-0.4, -0.2) is 49.4 Å². The summed E-state index contributed by atoms with van der Waals surface area (Å²) >= 11 is 3.07. The summed E-state index contributed by atoms with van der Waals surface area (Å²) in [5.41, 5.74) is 1.64. The van der Waals surface area contributed by atoms with Crippen molar-refractivity contribution in [3.63, 3.8) is 0 Å². The highest BCUT2D eigenvalue weighted by Gasteiger charge is 2.31. The van der Waals surface area contributed by atoms with Gasteiger partial charge in [-0.15, -0.1) is 11.3 Å². The zero-order valence-corrected chi connectivity index (χ0v) is 15.6. The molecule has 0 bridgehead atoms. The smallest absolute Gasteiger partial charge is 0.273 e. The van der Waals surface area contributed by atoms with Gasteiger partial charge in [-0.2, -0.15) is 0 Å². The van der Waals surface area contributed by atoms with E-state index in [2.05, 4.69) is 11.1 Å². The van der Waals surface area contributed by atoms with Gasteiger partial charge in [0.25, 0.3) is 5.91 Å². The predicted octanol–water partition coefficient (Wildman–Crippen LogP) is 3.51. The van der Waals surface area contributed by atoms with Gasteiger partial charge in [0, 0.05) is 30.0 Å². The maximum Gasteiger partial charge on any atom is 0.273 e. The number of rotatable bonds is 5. The van der Waals surface area contributed by atoms with Gasteiger partial charge >= 0.3 is 0 Å². The quantitative estimate of drug-likeness (QED) is 0.760. The monoisotopic (exact) mass is 364 g/mol. The molecule has 1 amide bonds. The van der Waals surface area contributed by atoms with Gasteiger partial charge in [-0.25, -0.2) is 4.98 Å². The van der Waals surface area contributed by atoms with E-state index in [4.69, 9.17) is 9.47 Å². The summed E-state index contributed by atoms with van der Waals surface area (Å²) in [4.78, 5) is 18.9. The Morgan fingerprint density at radius 3 is 2.88 bits per heavy atom. The molecule has 1 aliphatic heterocycles. The van der Waals surface area contributed by atoms with Crippen molar-refractivity contribution in [1.29, 1.82) is 0 Å². The van der Waals surface area contributed by atoms with Gasteiger partial charge in [0.1, 0.15) is 10.0 Å². The molecule has 128 valence electrons. The van der Waals surface area contributed by atoms with E-state index in [9.17, 15) is 4.79 Å². The van der Waals surface area contributed by atoms with Crippen molar-refractivity contribution in [3.05, 3.63) is 34.8 Å². The third kappa shape index (κ3) is 3.23. The average Bonchev–Trinajstić information content (AvgIpc) is 3.29. The van der Waals surface area contributed by atoms with E-state index < -0.39 is 0 Å². The molecule has 0 radical (unpaired) electrons. The molecule has 1 atom stereocenters. The average molecular weight is 364 g/mol. The van der Waals surface area contributed by atoms with Crippen molar-refractivity contribution in [3.8, 4) is 11.5 Å². The number of ether oxygens (including phenoxy) is 2. The lowest BCUT2D eigenvalue weighted by Crippen LogP contribution is -2.28. The summed E-state index contributed by atoms with van der Waals surface area (Å²) in [6.45, 7) is 1.41. The number of amides is 1. The fourth-order valence-corrected chi connectivity index (χ4v) is 4.28. The van der Waals surface area contributed by atoms with Crippen LogP contribution in [0.4, 0.5) is 0 Å². The lowest BCUT2D eigenvalue weighted by Gasteiger charge is -2.18. The van der Waals surface area contributed by atoms with E-state index in [0.717, 1.165) is 34.4 Å². The van der Waals surface area contributed by atoms with E-state index in [0.29, 0.717) is 12.2 Å². The van der Waals surface area contributed by atoms with Gasteiger partial charge in [0.2, 0.25) is 0 Å². The largest absolute Gasteiger partial charge is 0.493 e. The minimum absolute atomic E-state index is 0.0101. The third-order valence-electron chi connectivity index (χ3n) is 4.23. The molecule has 1 aliphatic rings. The maximum absolute atomic E-state index is 12.6. The molecule has 2 aromatic rings. The van der Waals surface area contributed by atoms with Crippen LogP contribution in [0.25, 0.3) is 0 Å². The van der Waals surface area contributed by atoms with Crippen LogP contribution >= 0.6 is 23.1 Å². The van der Waals surface area contributed by atoms with Crippen LogP contribution in [0.3, 0.4) is 0 Å². The number of para-hydroxylation sites is 1. The van der Waals surface area contributed by atoms with E-state index >= 15 is 0 Å². The highest BCUT2D eigenvalue weighted by atomic mass is 32.2. The van der Waals surface area contributed by atoms with E-state index in [1.165, 1.54) is 11.3 Å². The Morgan fingerprint density at radius 2 is 2.21 bits per heavy atom. The summed E-state index contributed by atoms with van der Waals surface area (Å²) in [7, 11) is 3.29. The third-order valence-corrected chi connectivity index (χ3v) is 6.09. The molecule has 0 N–H and O–H groups in total. The van der Waals surface area contributed by atoms with Gasteiger partial charge in [-0.3, -0.25) is 4.79 Å². The molecule has 0 saturated carbocycles. The molecular weight excluding hydrogens is 344 g/mol. The molecule has 2 heterocycles. The lowest BCUT2D eigenvalue weighted by atomic mass is 9.97. The van der Waals surface area contributed by atoms with Crippen LogP contribution in [0.15, 0.2) is 27.9 Å². The van der Waals surface area contributed by atoms with Crippen LogP contribution in [-0.2, 0) is 0 Å². The summed E-state index contributed by atoms with van der Waals surface area (Å²) in [5.74, 6) is 1.75. The minimum Gasteiger partial charge on any atom is -0.493 e. The summed E-state index contributed by atoms with van der Waals surface area (Å²) in [6, 6.07) is 5.90. The Morgan fingerprint density at radius 1 is 1.38 bits per heavy atom. The number of hydrogen-bond acceptors (Lipinski definition) is 6. The fourth-order valence-electron chi connectivity index (χ4n) is 3.04. The molecule has 1 fully saturated rings. The van der Waals surface area contributed by atoms with Gasteiger partial charge in [0.15, 0.2) is 11.5 Å². The van der Waals surface area contributed by atoms with Crippen LogP contribution in [0.5, 0.6) is 11.5 Å². The van der Waals surface area contributed by atoms with E-state index in [1.807, 2.05) is 28.7 Å². The molecular formula is C17H20N2O3S2. The highest BCUT2D eigenvalue weighted by Crippen LogP contribution is 2.39. The summed E-state index contributed by atoms with van der Waals surface area (Å²) in [6.07, 6.45) is 2.88. The Bertz CT molecular complexity index is 732. The molecule has 7 heteroatoms. The number of likely N-dealkylation sites (tertiary alicyclic amines) is 1. The van der Waals surface area contributed by atoms with Crippen molar-refractivity contribution < 1.29 is 14.3 Å². The van der Waals surface area contributed by atoms with Crippen molar-refractivity contribution in [2.45, 2.75) is 16.7 Å². The standard InChI is InChI=1S/C17H20N2O3S2/c1-21-14-6-4-5-12(15(14)22-2)11-7-8-19(9-11)16(20)13-10-24-17(18-13)23-3/h4-6,10-11H,7-9H2,1-3H3/t11-/m0/s1. The minimum atomic E-state index is 0.0101. The molecule has 1 aromatic heterocycles. The van der Waals surface area contributed by atoms with Crippen molar-refractivity contribution in [1.82, 2.24) is 9.88 Å². The Kier molecular flexibility index (Phi) is 5.30. The second-order valence-corrected chi connectivity index (χ2v) is 7.43. The normalized spacial score (nSPS) is 17.1. The predicted molar refractivity (Wildman–Crippen MR) is 96.7 cm³/mol. The first-order chi connectivity index (χ1) is 11.7. The molecule has 0 unspecified atom stereocenters. The SMILES string of the molecule is COc1cccc([C@H]2CCN(C(=O)c3csc(SC)n3)C2)c1OC. The highest BCUT2D eigenvalue weighted by molar-refractivity contribution is 8.00. The zero-order valence-electron chi connectivity index (χ0n) is 13.9. The summed E-state index contributed by atoms with van der Waals surface area (Å²) in [5, 5.41) is 1.84. The van der Waals surface area contributed by atoms with Crippen molar-refractivity contribution in [2.75, 3.05) is 33.6 Å². The molecule has 1 saturated heterocycles. The van der Waals surface area contributed by atoms with Crippen LogP contribution in [0, 0.1) is 0 Å². The van der Waals surface area contributed by atoms with Crippen molar-refractivity contribution in [2.24, 2.45) is 0 Å². The van der Waals surface area contributed by atoms with Crippen LogP contribution in [0.2, 0.25) is 0 Å². The first-order valence-corrected chi connectivity index (χ1v) is 9.78. The topological polar surface area (TPSA) is 51.7 Å². The van der Waals surface area contributed by atoms with Gasteiger partial charge in [-0.05, 0) is 18.7 Å². The van der Waals surface area contributed by atoms with E-state index in [-0.39, 0.29) is 11.8 Å².